The molecular formula is C25H22BrCl2N3O4. The summed E-state index contributed by atoms with van der Waals surface area (Å²) in [7, 11) is 0. The molecule has 0 heterocycles. The molecule has 0 saturated heterocycles. The number of phenols is 1. The zero-order valence-corrected chi connectivity index (χ0v) is 21.6. The average molecular weight is 579 g/mol. The first-order valence-corrected chi connectivity index (χ1v) is 12.0. The quantitative estimate of drug-likeness (QED) is 0.243. The minimum Gasteiger partial charge on any atom is -0.507 e. The highest BCUT2D eigenvalue weighted by molar-refractivity contribution is 9.10. The molecule has 2 atom stereocenters. The predicted octanol–water partition coefficient (Wildman–Crippen LogP) is 5.11. The molecule has 10 heteroatoms. The Bertz CT molecular complexity index is 1220. The third-order valence-corrected chi connectivity index (χ3v) is 5.87. The summed E-state index contributed by atoms with van der Waals surface area (Å²) >= 11 is 15.3. The maximum absolute atomic E-state index is 12.9. The Morgan fingerprint density at radius 1 is 1.09 bits per heavy atom. The van der Waals surface area contributed by atoms with E-state index in [0.29, 0.717) is 16.3 Å². The number of ether oxygens (including phenoxy) is 1. The molecule has 7 nitrogen and oxygen atoms in total. The Morgan fingerprint density at radius 3 is 2.54 bits per heavy atom. The fourth-order valence-corrected chi connectivity index (χ4v) is 3.87. The number of hydrogen-bond acceptors (Lipinski definition) is 5. The Morgan fingerprint density at radius 2 is 1.83 bits per heavy atom. The topological polar surface area (TPSA) is 100 Å². The molecule has 3 N–H and O–H groups in total. The third kappa shape index (κ3) is 7.99. The minimum atomic E-state index is -0.943. The Labute approximate surface area is 221 Å². The fraction of sp³-hybridized carbons (Fsp3) is 0.160. The van der Waals surface area contributed by atoms with E-state index in [0.717, 1.165) is 10.0 Å². The number of carbonyl (C=O) groups is 2. The molecule has 182 valence electrons. The lowest BCUT2D eigenvalue weighted by atomic mass is 10.1. The van der Waals surface area contributed by atoms with Gasteiger partial charge in [0.2, 0.25) is 0 Å². The maximum atomic E-state index is 12.9. The molecule has 0 aliphatic heterocycles. The predicted molar refractivity (Wildman–Crippen MR) is 140 cm³/mol. The van der Waals surface area contributed by atoms with Crippen molar-refractivity contribution in [2.45, 2.75) is 25.5 Å². The molecule has 3 aromatic rings. The highest BCUT2D eigenvalue weighted by Crippen LogP contribution is 2.28. The number of aromatic hydroxyl groups is 1. The molecule has 0 aromatic heterocycles. The number of nitrogens with one attached hydrogen (secondary N) is 2. The number of halogens is 3. The van der Waals surface area contributed by atoms with E-state index in [1.807, 2.05) is 30.3 Å². The van der Waals surface area contributed by atoms with Crippen LogP contribution in [0.25, 0.3) is 0 Å². The molecular weight excluding hydrogens is 557 g/mol. The normalized spacial score (nSPS) is 12.7. The largest absolute Gasteiger partial charge is 0.507 e. The molecule has 0 saturated carbocycles. The summed E-state index contributed by atoms with van der Waals surface area (Å²) in [5, 5.41) is 17.3. The first-order chi connectivity index (χ1) is 16.7. The summed E-state index contributed by atoms with van der Waals surface area (Å²) in [5.41, 5.74) is 3.67. The second-order valence-electron chi connectivity index (χ2n) is 7.52. The highest BCUT2D eigenvalue weighted by Gasteiger charge is 2.25. The average Bonchev–Trinajstić information content (AvgIpc) is 2.83. The van der Waals surface area contributed by atoms with Crippen molar-refractivity contribution in [2.75, 3.05) is 0 Å². The first kappa shape index (κ1) is 26.5. The summed E-state index contributed by atoms with van der Waals surface area (Å²) in [4.78, 5) is 25.8. The second kappa shape index (κ2) is 12.6. The van der Waals surface area contributed by atoms with Crippen LogP contribution in [0.15, 0.2) is 76.3 Å². The van der Waals surface area contributed by atoms with Crippen molar-refractivity contribution < 1.29 is 19.4 Å². The van der Waals surface area contributed by atoms with Gasteiger partial charge < -0.3 is 15.2 Å². The van der Waals surface area contributed by atoms with Crippen molar-refractivity contribution in [3.8, 4) is 11.5 Å². The van der Waals surface area contributed by atoms with Gasteiger partial charge in [-0.25, -0.2) is 5.43 Å². The lowest BCUT2D eigenvalue weighted by Crippen LogP contribution is -2.50. The van der Waals surface area contributed by atoms with Gasteiger partial charge in [-0.3, -0.25) is 9.59 Å². The van der Waals surface area contributed by atoms with Crippen LogP contribution >= 0.6 is 39.1 Å². The molecule has 2 amide bonds. The van der Waals surface area contributed by atoms with Gasteiger partial charge in [-0.1, -0.05) is 69.5 Å². The number of hydrogen-bond donors (Lipinski definition) is 3. The van der Waals surface area contributed by atoms with Gasteiger partial charge in [0.05, 0.1) is 11.2 Å². The van der Waals surface area contributed by atoms with E-state index in [2.05, 4.69) is 31.8 Å². The zero-order valence-electron chi connectivity index (χ0n) is 18.5. The van der Waals surface area contributed by atoms with Crippen LogP contribution in [0.2, 0.25) is 10.0 Å². The van der Waals surface area contributed by atoms with Crippen LogP contribution in [0.1, 0.15) is 18.1 Å². The molecule has 3 rings (SSSR count). The smallest absolute Gasteiger partial charge is 0.262 e. The van der Waals surface area contributed by atoms with Gasteiger partial charge in [-0.05, 0) is 48.9 Å². The Kier molecular flexibility index (Phi) is 9.54. The van der Waals surface area contributed by atoms with E-state index in [-0.39, 0.29) is 17.2 Å². The highest BCUT2D eigenvalue weighted by atomic mass is 79.9. The molecule has 0 fully saturated rings. The van der Waals surface area contributed by atoms with Crippen LogP contribution in [-0.4, -0.2) is 35.3 Å². The summed E-state index contributed by atoms with van der Waals surface area (Å²) in [6.45, 7) is 1.55. The van der Waals surface area contributed by atoms with Crippen LogP contribution in [0, 0.1) is 0 Å². The van der Waals surface area contributed by atoms with Crippen LogP contribution in [0.3, 0.4) is 0 Å². The zero-order chi connectivity index (χ0) is 25.4. The second-order valence-corrected chi connectivity index (χ2v) is 9.28. The number of hydrazone groups is 1. The number of carbonyl (C=O) groups excluding carboxylic acids is 2. The number of benzene rings is 3. The SMILES string of the molecule is C[C@@H](Oc1ccc(Cl)cc1Cl)C(=O)N[C@@H](Cc1ccccc1)C(=O)N/N=C\c1cc(Br)ccc1O. The Hall–Kier alpha value is -3.07. The van der Waals surface area contributed by atoms with Crippen LogP contribution in [0.4, 0.5) is 0 Å². The van der Waals surface area contributed by atoms with Crippen LogP contribution in [-0.2, 0) is 16.0 Å². The summed E-state index contributed by atoms with van der Waals surface area (Å²) in [6, 6.07) is 17.8. The molecule has 0 unspecified atom stereocenters. The number of nitrogens with zero attached hydrogens (tertiary/aromatic N) is 1. The molecule has 35 heavy (non-hydrogen) atoms. The van der Waals surface area contributed by atoms with Gasteiger partial charge in [-0.15, -0.1) is 0 Å². The van der Waals surface area contributed by atoms with Crippen molar-refractivity contribution in [1.82, 2.24) is 10.7 Å². The van der Waals surface area contributed by atoms with Crippen molar-refractivity contribution in [2.24, 2.45) is 5.10 Å². The van der Waals surface area contributed by atoms with Gasteiger partial charge in [0.1, 0.15) is 17.5 Å². The van der Waals surface area contributed by atoms with Gasteiger partial charge in [-0.2, -0.15) is 5.10 Å². The monoisotopic (exact) mass is 577 g/mol. The standard InChI is InChI=1S/C25H22BrCl2N3O4/c1-15(35-23-10-8-19(27)13-20(23)28)24(33)30-21(11-16-5-3-2-4-6-16)25(34)31-29-14-17-12-18(26)7-9-22(17)32/h2-10,12-15,21,32H,11H2,1H3,(H,30,33)(H,31,34)/b29-14-/t15-,21+/m1/s1. The molecule has 0 spiro atoms. The molecule has 3 aromatic carbocycles. The maximum Gasteiger partial charge on any atom is 0.262 e. The van der Waals surface area contributed by atoms with Gasteiger partial charge in [0.15, 0.2) is 6.10 Å². The van der Waals surface area contributed by atoms with E-state index < -0.39 is 24.0 Å². The first-order valence-electron chi connectivity index (χ1n) is 10.5. The summed E-state index contributed by atoms with van der Waals surface area (Å²) in [5.74, 6) is -0.751. The number of rotatable bonds is 9. The number of amides is 2. The van der Waals surface area contributed by atoms with Crippen molar-refractivity contribution in [3.05, 3.63) is 92.4 Å². The third-order valence-electron chi connectivity index (χ3n) is 4.85. The molecule has 0 aliphatic carbocycles. The molecule has 0 bridgehead atoms. The van der Waals surface area contributed by atoms with Gasteiger partial charge in [0.25, 0.3) is 11.8 Å². The fourth-order valence-electron chi connectivity index (χ4n) is 3.04. The number of phenolic OH excluding ortho intramolecular Hbond substituents is 1. The van der Waals surface area contributed by atoms with Crippen LogP contribution in [0.5, 0.6) is 11.5 Å². The van der Waals surface area contributed by atoms with Gasteiger partial charge in [0, 0.05) is 21.5 Å². The van der Waals surface area contributed by atoms with E-state index in [1.165, 1.54) is 18.3 Å². The van der Waals surface area contributed by atoms with Crippen molar-refractivity contribution >= 4 is 57.2 Å². The van der Waals surface area contributed by atoms with E-state index in [9.17, 15) is 14.7 Å². The van der Waals surface area contributed by atoms with Crippen LogP contribution < -0.4 is 15.5 Å². The Balaban J connectivity index is 1.70. The van der Waals surface area contributed by atoms with E-state index >= 15 is 0 Å². The lowest BCUT2D eigenvalue weighted by Gasteiger charge is -2.21. The van der Waals surface area contributed by atoms with Crippen molar-refractivity contribution in [1.29, 1.82) is 0 Å². The van der Waals surface area contributed by atoms with E-state index in [4.69, 9.17) is 27.9 Å². The molecule has 0 radical (unpaired) electrons. The van der Waals surface area contributed by atoms with Crippen molar-refractivity contribution in [3.63, 3.8) is 0 Å². The minimum absolute atomic E-state index is 0.00664. The van der Waals surface area contributed by atoms with E-state index in [1.54, 1.807) is 31.2 Å². The summed E-state index contributed by atoms with van der Waals surface area (Å²) in [6.07, 6.45) is 0.597. The molecule has 0 aliphatic rings. The lowest BCUT2D eigenvalue weighted by molar-refractivity contribution is -0.132. The summed E-state index contributed by atoms with van der Waals surface area (Å²) < 4.78 is 6.40. The van der Waals surface area contributed by atoms with Gasteiger partial charge >= 0.3 is 0 Å².